The zero-order valence-electron chi connectivity index (χ0n) is 24.5. The van der Waals surface area contributed by atoms with E-state index in [4.69, 9.17) is 28.9 Å². The predicted molar refractivity (Wildman–Crippen MR) is 163 cm³/mol. The number of fused-ring (bicyclic) bond motifs is 3. The summed E-state index contributed by atoms with van der Waals surface area (Å²) in [5, 5.41) is 47.5. The molecule has 1 fully saturated rings. The number of phenolic OH excluding ortho intramolecular Hbond substituents is 1. The molecule has 0 aromatic heterocycles. The van der Waals surface area contributed by atoms with Gasteiger partial charge < -0.3 is 31.1 Å². The Morgan fingerprint density at radius 2 is 1.65 bits per heavy atom. The van der Waals surface area contributed by atoms with Gasteiger partial charge >= 0.3 is 0 Å². The topological polar surface area (TPSA) is 165 Å². The van der Waals surface area contributed by atoms with Gasteiger partial charge in [0.1, 0.15) is 22.8 Å². The molecule has 0 heterocycles. The maximum Gasteiger partial charge on any atom is 0.255 e. The van der Waals surface area contributed by atoms with Gasteiger partial charge in [0.05, 0.1) is 21.7 Å². The summed E-state index contributed by atoms with van der Waals surface area (Å²) in [4.78, 5) is 43.7. The van der Waals surface area contributed by atoms with Crippen LogP contribution in [-0.4, -0.2) is 82.6 Å². The molecule has 2 aromatic rings. The second-order valence-electron chi connectivity index (χ2n) is 12.6. The van der Waals surface area contributed by atoms with Gasteiger partial charge in [-0.25, -0.2) is 0 Å². The van der Waals surface area contributed by atoms with E-state index in [-0.39, 0.29) is 34.8 Å². The first-order valence-corrected chi connectivity index (χ1v) is 14.3. The number of anilines is 1. The number of primary amides is 1. The number of rotatable bonds is 4. The van der Waals surface area contributed by atoms with Crippen molar-refractivity contribution in [1.82, 2.24) is 4.90 Å². The van der Waals surface area contributed by atoms with E-state index in [1.54, 1.807) is 59.4 Å². The van der Waals surface area contributed by atoms with E-state index in [0.29, 0.717) is 27.4 Å². The highest BCUT2D eigenvalue weighted by Crippen LogP contribution is 2.64. The molecule has 10 nitrogen and oxygen atoms in total. The highest BCUT2D eigenvalue weighted by Gasteiger charge is 2.72. The molecule has 3 aliphatic rings. The number of hydrogen-bond acceptors (Lipinski definition) is 9. The van der Waals surface area contributed by atoms with E-state index in [0.717, 1.165) is 0 Å². The molecule has 0 aliphatic heterocycles. The summed E-state index contributed by atoms with van der Waals surface area (Å²) >= 11 is 12.4. The number of ketones is 2. The predicted octanol–water partition coefficient (Wildman–Crippen LogP) is 3.78. The first-order valence-electron chi connectivity index (χ1n) is 13.5. The first kappa shape index (κ1) is 30.9. The fourth-order valence-corrected chi connectivity index (χ4v) is 7.95. The Kier molecular flexibility index (Phi) is 6.98. The summed E-state index contributed by atoms with van der Waals surface area (Å²) in [7, 11) is 6.72. The molecule has 12 heteroatoms. The number of nitrogens with zero attached hydrogens (tertiary/aromatic N) is 2. The molecule has 0 bridgehead atoms. The van der Waals surface area contributed by atoms with E-state index >= 15 is 0 Å². The van der Waals surface area contributed by atoms with E-state index in [2.05, 4.69) is 0 Å². The van der Waals surface area contributed by atoms with Gasteiger partial charge in [-0.3, -0.25) is 19.3 Å². The summed E-state index contributed by atoms with van der Waals surface area (Å²) in [6.45, 7) is 3.24. The average Bonchev–Trinajstić information content (AvgIpc) is 2.87. The summed E-state index contributed by atoms with van der Waals surface area (Å²) in [5.41, 5.74) is 0.692. The number of hydrogen-bond donors (Lipinski definition) is 5. The number of carbonyl (C=O) groups excluding carboxylic acids is 3. The lowest BCUT2D eigenvalue weighted by atomic mass is 9.46. The molecule has 1 amide bonds. The Hall–Kier alpha value is -3.57. The van der Waals surface area contributed by atoms with Crippen LogP contribution < -0.4 is 10.6 Å². The van der Waals surface area contributed by atoms with Crippen molar-refractivity contribution in [2.45, 2.75) is 38.3 Å². The molecule has 0 unspecified atom stereocenters. The Labute approximate surface area is 258 Å². The van der Waals surface area contributed by atoms with Crippen molar-refractivity contribution in [3.05, 3.63) is 62.3 Å². The molecule has 5 rings (SSSR count). The summed E-state index contributed by atoms with van der Waals surface area (Å²) < 4.78 is 0. The molecule has 0 spiro atoms. The van der Waals surface area contributed by atoms with Crippen molar-refractivity contribution in [3.8, 4) is 16.9 Å². The quantitative estimate of drug-likeness (QED) is 0.316. The van der Waals surface area contributed by atoms with E-state index in [1.807, 2.05) is 4.90 Å². The number of aliphatic hydroxyl groups is 3. The van der Waals surface area contributed by atoms with Gasteiger partial charge in [-0.1, -0.05) is 43.1 Å². The fraction of sp³-hybridized carbons (Fsp3) is 0.387. The van der Waals surface area contributed by atoms with Crippen LogP contribution in [0.15, 0.2) is 41.2 Å². The van der Waals surface area contributed by atoms with Crippen LogP contribution in [-0.2, 0) is 20.8 Å². The van der Waals surface area contributed by atoms with E-state index in [9.17, 15) is 34.8 Å². The number of likely N-dealkylation sites (N-methyl/N-ethyl adjacent to an activating group) is 1. The number of halogens is 2. The van der Waals surface area contributed by atoms with Crippen molar-refractivity contribution < 1.29 is 34.8 Å². The van der Waals surface area contributed by atoms with Crippen LogP contribution in [0.1, 0.15) is 31.4 Å². The van der Waals surface area contributed by atoms with Crippen molar-refractivity contribution in [2.75, 3.05) is 33.1 Å². The third-order valence-electron chi connectivity index (χ3n) is 9.32. The van der Waals surface area contributed by atoms with Gasteiger partial charge in [-0.05, 0) is 56.3 Å². The van der Waals surface area contributed by atoms with Gasteiger partial charge in [0.15, 0.2) is 11.4 Å². The number of nitrogens with two attached hydrogens (primary N) is 1. The van der Waals surface area contributed by atoms with Crippen molar-refractivity contribution in [3.63, 3.8) is 0 Å². The zero-order valence-corrected chi connectivity index (χ0v) is 26.1. The second kappa shape index (κ2) is 9.72. The Bertz CT molecular complexity index is 1720. The number of Topliss-reactive ketones (excluding diaryl/α,β-unsaturated/α-hetero) is 2. The largest absolute Gasteiger partial charge is 0.508 e. The number of aromatic hydroxyl groups is 1. The summed E-state index contributed by atoms with van der Waals surface area (Å²) in [6, 6.07) is 5.32. The number of aliphatic hydroxyl groups excluding tert-OH is 2. The van der Waals surface area contributed by atoms with Crippen molar-refractivity contribution in [2.24, 2.45) is 16.6 Å². The van der Waals surface area contributed by atoms with E-state index in [1.165, 1.54) is 11.8 Å². The minimum Gasteiger partial charge on any atom is -0.508 e. The summed E-state index contributed by atoms with van der Waals surface area (Å²) in [5.74, 6) is -5.26. The number of amides is 1. The standard InChI is InChI=1S/C31H33Cl2N3O7/c1-29-11-15-18(35(3)4)10-14(13-7-8-16(32)17(33)9-13)22(37)19(15)23(38)21(29)27(41)31(43)26(40)20(28(34)42)24(39)25(36(5)6)30(31,2)12-29/h7-10,25,37-38,40,43H,11-12H2,1-6H3,(H2,34,42)/t25-,29+,30+,31-/m1/s1. The maximum atomic E-state index is 14.5. The van der Waals surface area contributed by atoms with E-state index < -0.39 is 57.0 Å². The van der Waals surface area contributed by atoms with Gasteiger partial charge in [0, 0.05) is 41.7 Å². The molecule has 3 aliphatic carbocycles. The Morgan fingerprint density at radius 1 is 1.02 bits per heavy atom. The lowest BCUT2D eigenvalue weighted by molar-refractivity contribution is -0.175. The van der Waals surface area contributed by atoms with Crippen LogP contribution in [0.5, 0.6) is 5.75 Å². The van der Waals surface area contributed by atoms with Crippen molar-refractivity contribution >= 4 is 52.1 Å². The van der Waals surface area contributed by atoms with Crippen LogP contribution >= 0.6 is 23.2 Å². The molecule has 6 N–H and O–H groups in total. The Morgan fingerprint density at radius 3 is 2.19 bits per heavy atom. The summed E-state index contributed by atoms with van der Waals surface area (Å²) in [6.07, 6.45) is 0.0668. The zero-order chi connectivity index (χ0) is 32.1. The molecule has 2 aromatic carbocycles. The van der Waals surface area contributed by atoms with Crippen LogP contribution in [0, 0.1) is 10.8 Å². The third kappa shape index (κ3) is 3.96. The second-order valence-corrected chi connectivity index (χ2v) is 13.4. The molecule has 4 atom stereocenters. The molecular formula is C31H33Cl2N3O7. The molecule has 0 saturated heterocycles. The Balaban J connectivity index is 1.85. The number of carbonyl (C=O) groups is 3. The third-order valence-corrected chi connectivity index (χ3v) is 10.1. The van der Waals surface area contributed by atoms with Crippen molar-refractivity contribution in [1.29, 1.82) is 0 Å². The van der Waals surface area contributed by atoms with Gasteiger partial charge in [-0.2, -0.15) is 0 Å². The lowest BCUT2D eigenvalue weighted by Crippen LogP contribution is -2.72. The normalized spacial score (nSPS) is 28.6. The highest BCUT2D eigenvalue weighted by molar-refractivity contribution is 6.42. The monoisotopic (exact) mass is 629 g/mol. The lowest BCUT2D eigenvalue weighted by Gasteiger charge is -2.59. The molecule has 1 saturated carbocycles. The smallest absolute Gasteiger partial charge is 0.255 e. The molecular weight excluding hydrogens is 597 g/mol. The van der Waals surface area contributed by atoms with Crippen LogP contribution in [0.3, 0.4) is 0 Å². The minimum absolute atomic E-state index is 0.0186. The number of benzene rings is 2. The van der Waals surface area contributed by atoms with Crippen LogP contribution in [0.2, 0.25) is 10.0 Å². The van der Waals surface area contributed by atoms with Crippen LogP contribution in [0.4, 0.5) is 5.69 Å². The van der Waals surface area contributed by atoms with Gasteiger partial charge in [-0.15, -0.1) is 0 Å². The minimum atomic E-state index is -2.79. The SMILES string of the molecule is CN(C)c1cc(-c2ccc(Cl)c(Cl)c2)c(O)c2c1C[C@@]1(C)C[C@@]3(C)[C@H](N(C)C)C(=O)C(C(N)=O)=C(O)[C@@]3(O)C(=O)C1=C2O. The fourth-order valence-electron chi connectivity index (χ4n) is 7.65. The molecule has 43 heavy (non-hydrogen) atoms. The first-order chi connectivity index (χ1) is 19.8. The van der Waals surface area contributed by atoms with Gasteiger partial charge in [0.2, 0.25) is 5.78 Å². The van der Waals surface area contributed by atoms with Crippen LogP contribution in [0.25, 0.3) is 16.9 Å². The average molecular weight is 631 g/mol. The number of phenols is 1. The molecule has 228 valence electrons. The highest BCUT2D eigenvalue weighted by atomic mass is 35.5. The maximum absolute atomic E-state index is 14.5. The van der Waals surface area contributed by atoms with Gasteiger partial charge in [0.25, 0.3) is 5.91 Å². The molecule has 0 radical (unpaired) electrons.